The van der Waals surface area contributed by atoms with Crippen LogP contribution in [-0.2, 0) is 4.74 Å². The van der Waals surface area contributed by atoms with E-state index < -0.39 is 47.9 Å². The fourth-order valence-electron chi connectivity index (χ4n) is 3.05. The van der Waals surface area contributed by atoms with Gasteiger partial charge in [0.25, 0.3) is 0 Å². The van der Waals surface area contributed by atoms with Gasteiger partial charge in [0, 0.05) is 0 Å². The largest absolute Gasteiger partial charge is 0.461 e. The highest BCUT2D eigenvalue weighted by Crippen LogP contribution is 2.38. The van der Waals surface area contributed by atoms with E-state index in [1.165, 1.54) is 18.2 Å². The summed E-state index contributed by atoms with van der Waals surface area (Å²) in [4.78, 5) is 10.9. The number of nitro benzene ring substituents is 1. The van der Waals surface area contributed by atoms with Crippen LogP contribution in [-0.4, -0.2) is 62.7 Å². The molecule has 0 aliphatic carbocycles. The molecule has 1 aliphatic heterocycles. The maximum atomic E-state index is 11.6. The molecule has 5 atom stereocenters. The average molecular weight is 432 g/mol. The van der Waals surface area contributed by atoms with Gasteiger partial charge in [-0.05, 0) is 36.8 Å². The van der Waals surface area contributed by atoms with Crippen molar-refractivity contribution in [3.63, 3.8) is 0 Å². The number of hydrogen-bond donors (Lipinski definition) is 4. The molecule has 0 aromatic heterocycles. The number of benzene rings is 2. The summed E-state index contributed by atoms with van der Waals surface area (Å²) >= 11 is 0. The highest BCUT2D eigenvalue weighted by Gasteiger charge is 2.45. The minimum absolute atomic E-state index is 0.0332. The van der Waals surface area contributed by atoms with Crippen molar-refractivity contribution >= 4 is 5.69 Å². The second kappa shape index (κ2) is 9.25. The maximum Gasteiger partial charge on any atom is 0.315 e. The number of aliphatic hydroxyl groups is 4. The lowest BCUT2D eigenvalue weighted by atomic mass is 9.99. The Labute approximate surface area is 176 Å². The standard InChI is InChI=1S/C20H20N2O9/c1-10-5-15(29-12-4-2-3-11(6-12)8-21)13(22(27)28)7-14(10)30-20-19(26)18(25)17(24)16(9-23)31-20/h2-7,16-20,23-26H,9H2,1H3/t16-,17-,18+,19+,20+/m1/s1. The first-order valence-corrected chi connectivity index (χ1v) is 9.19. The van der Waals surface area contributed by atoms with E-state index in [0.717, 1.165) is 6.07 Å². The fourth-order valence-corrected chi connectivity index (χ4v) is 3.05. The molecule has 1 fully saturated rings. The third-order valence-corrected chi connectivity index (χ3v) is 4.74. The first-order valence-electron chi connectivity index (χ1n) is 9.19. The SMILES string of the molecule is Cc1cc(Oc2cccc(C#N)c2)c([N+](=O)[O-])cc1O[C@H]1O[C@H](CO)[C@@H](O)[C@H](O)[C@@H]1O. The Morgan fingerprint density at radius 2 is 1.90 bits per heavy atom. The fraction of sp³-hybridized carbons (Fsp3) is 0.350. The summed E-state index contributed by atoms with van der Waals surface area (Å²) in [7, 11) is 0. The van der Waals surface area contributed by atoms with Crippen LogP contribution in [0.25, 0.3) is 0 Å². The molecular weight excluding hydrogens is 412 g/mol. The molecule has 2 aromatic rings. The van der Waals surface area contributed by atoms with Crippen LogP contribution in [0.4, 0.5) is 5.69 Å². The third kappa shape index (κ3) is 4.74. The van der Waals surface area contributed by atoms with Gasteiger partial charge in [0.2, 0.25) is 12.0 Å². The molecule has 1 aliphatic rings. The Balaban J connectivity index is 1.90. The summed E-state index contributed by atoms with van der Waals surface area (Å²) in [5.41, 5.74) is 0.251. The van der Waals surface area contributed by atoms with Crippen LogP contribution in [0, 0.1) is 28.4 Å². The highest BCUT2D eigenvalue weighted by molar-refractivity contribution is 5.56. The van der Waals surface area contributed by atoms with E-state index in [-0.39, 0.29) is 17.2 Å². The van der Waals surface area contributed by atoms with Crippen LogP contribution in [0.2, 0.25) is 0 Å². The minimum atomic E-state index is -1.67. The summed E-state index contributed by atoms with van der Waals surface area (Å²) in [6.07, 6.45) is -7.56. The van der Waals surface area contributed by atoms with Gasteiger partial charge in [-0.1, -0.05) is 6.07 Å². The molecule has 0 unspecified atom stereocenters. The third-order valence-electron chi connectivity index (χ3n) is 4.74. The van der Waals surface area contributed by atoms with E-state index in [1.807, 2.05) is 6.07 Å². The number of nitriles is 1. The summed E-state index contributed by atoms with van der Waals surface area (Å²) in [5.74, 6) is 0.0945. The molecule has 1 saturated heterocycles. The highest BCUT2D eigenvalue weighted by atomic mass is 16.7. The molecular formula is C20H20N2O9. The molecule has 31 heavy (non-hydrogen) atoms. The first-order chi connectivity index (χ1) is 14.7. The van der Waals surface area contributed by atoms with Gasteiger partial charge < -0.3 is 34.6 Å². The van der Waals surface area contributed by atoms with Gasteiger partial charge in [0.15, 0.2) is 0 Å². The zero-order valence-corrected chi connectivity index (χ0v) is 16.3. The molecule has 3 rings (SSSR count). The monoisotopic (exact) mass is 432 g/mol. The Hall–Kier alpha value is -3.27. The van der Waals surface area contributed by atoms with Crippen LogP contribution in [0.3, 0.4) is 0 Å². The first kappa shape index (κ1) is 22.4. The number of ether oxygens (including phenoxy) is 3. The van der Waals surface area contributed by atoms with Crippen LogP contribution < -0.4 is 9.47 Å². The van der Waals surface area contributed by atoms with Crippen LogP contribution in [0.1, 0.15) is 11.1 Å². The Kier molecular flexibility index (Phi) is 6.69. The van der Waals surface area contributed by atoms with Gasteiger partial charge in [0.1, 0.15) is 35.9 Å². The lowest BCUT2D eigenvalue weighted by Crippen LogP contribution is -2.60. The van der Waals surface area contributed by atoms with Gasteiger partial charge in [-0.2, -0.15) is 5.26 Å². The quantitative estimate of drug-likeness (QED) is 0.376. The van der Waals surface area contributed by atoms with Crippen LogP contribution in [0.5, 0.6) is 17.2 Å². The van der Waals surface area contributed by atoms with Gasteiger partial charge >= 0.3 is 5.69 Å². The molecule has 11 nitrogen and oxygen atoms in total. The topological polar surface area (TPSA) is 176 Å². The average Bonchev–Trinajstić information content (AvgIpc) is 2.75. The molecule has 0 saturated carbocycles. The predicted molar refractivity (Wildman–Crippen MR) is 103 cm³/mol. The van der Waals surface area contributed by atoms with Crippen molar-refractivity contribution in [1.29, 1.82) is 5.26 Å². The van der Waals surface area contributed by atoms with Crippen molar-refractivity contribution in [1.82, 2.24) is 0 Å². The molecule has 1 heterocycles. The Morgan fingerprint density at radius 1 is 1.16 bits per heavy atom. The van der Waals surface area contributed by atoms with Gasteiger partial charge in [-0.25, -0.2) is 0 Å². The van der Waals surface area contributed by atoms with E-state index >= 15 is 0 Å². The molecule has 164 valence electrons. The molecule has 2 aromatic carbocycles. The van der Waals surface area contributed by atoms with Crippen molar-refractivity contribution < 1.29 is 39.6 Å². The molecule has 0 radical (unpaired) electrons. The van der Waals surface area contributed by atoms with Gasteiger partial charge in [-0.15, -0.1) is 0 Å². The van der Waals surface area contributed by atoms with Crippen molar-refractivity contribution in [3.05, 3.63) is 57.6 Å². The van der Waals surface area contributed by atoms with E-state index in [9.17, 15) is 30.5 Å². The number of nitro groups is 1. The minimum Gasteiger partial charge on any atom is -0.461 e. The molecule has 0 spiro atoms. The van der Waals surface area contributed by atoms with E-state index in [4.69, 9.17) is 19.5 Å². The molecule has 11 heteroatoms. The lowest BCUT2D eigenvalue weighted by Gasteiger charge is -2.39. The van der Waals surface area contributed by atoms with E-state index in [2.05, 4.69) is 0 Å². The van der Waals surface area contributed by atoms with Crippen LogP contribution in [0.15, 0.2) is 36.4 Å². The van der Waals surface area contributed by atoms with Crippen LogP contribution >= 0.6 is 0 Å². The van der Waals surface area contributed by atoms with Gasteiger partial charge in [0.05, 0.1) is 29.2 Å². The summed E-state index contributed by atoms with van der Waals surface area (Å²) < 4.78 is 16.4. The smallest absolute Gasteiger partial charge is 0.315 e. The molecule has 4 N–H and O–H groups in total. The normalized spacial score (nSPS) is 25.5. The second-order valence-corrected chi connectivity index (χ2v) is 6.90. The lowest BCUT2D eigenvalue weighted by molar-refractivity contribution is -0.385. The number of nitrogens with zero attached hydrogens (tertiary/aromatic N) is 2. The van der Waals surface area contributed by atoms with E-state index in [1.54, 1.807) is 19.1 Å². The van der Waals surface area contributed by atoms with Crippen molar-refractivity contribution in [3.8, 4) is 23.3 Å². The summed E-state index contributed by atoms with van der Waals surface area (Å²) in [6.45, 7) is 0.931. The molecule has 0 bridgehead atoms. The summed E-state index contributed by atoms with van der Waals surface area (Å²) in [5, 5.41) is 59.7. The van der Waals surface area contributed by atoms with Crippen molar-refractivity contribution in [2.45, 2.75) is 37.6 Å². The number of aliphatic hydroxyl groups excluding tert-OH is 4. The second-order valence-electron chi connectivity index (χ2n) is 6.90. The Morgan fingerprint density at radius 3 is 2.55 bits per heavy atom. The Bertz CT molecular complexity index is 1000. The number of hydrogen-bond acceptors (Lipinski definition) is 10. The van der Waals surface area contributed by atoms with Crippen molar-refractivity contribution in [2.75, 3.05) is 6.61 Å². The van der Waals surface area contributed by atoms with E-state index in [0.29, 0.717) is 11.1 Å². The number of aryl methyl sites for hydroxylation is 1. The van der Waals surface area contributed by atoms with Gasteiger partial charge in [-0.3, -0.25) is 10.1 Å². The summed E-state index contributed by atoms with van der Waals surface area (Å²) in [6, 6.07) is 10.5. The van der Waals surface area contributed by atoms with Crippen molar-refractivity contribution in [2.24, 2.45) is 0 Å². The zero-order valence-electron chi connectivity index (χ0n) is 16.3. The molecule has 0 amide bonds. The zero-order chi connectivity index (χ0) is 22.7. The predicted octanol–water partition coefficient (Wildman–Crippen LogP) is 0.746. The maximum absolute atomic E-state index is 11.6. The number of rotatable bonds is 6.